The molecule has 1 amide bonds. The van der Waals surface area contributed by atoms with Crippen LogP contribution in [0.3, 0.4) is 0 Å². The smallest absolute Gasteiger partial charge is 0.248 e. The molecule has 0 radical (unpaired) electrons. The summed E-state index contributed by atoms with van der Waals surface area (Å²) in [6.07, 6.45) is 1.65. The third kappa shape index (κ3) is 4.94. The number of primary amides is 1. The van der Waals surface area contributed by atoms with Crippen molar-refractivity contribution in [2.75, 3.05) is 10.6 Å². The van der Waals surface area contributed by atoms with Crippen LogP contribution in [0.25, 0.3) is 10.8 Å². The normalized spacial score (nSPS) is 10.6. The Morgan fingerprint density at radius 3 is 2.35 bits per heavy atom. The first kappa shape index (κ1) is 21.0. The predicted octanol–water partition coefficient (Wildman–Crippen LogP) is 6.01. The molecule has 0 spiro atoms. The van der Waals surface area contributed by atoms with E-state index in [4.69, 9.17) is 10.5 Å². The third-order valence-corrected chi connectivity index (χ3v) is 5.14. The molecule has 166 valence electrons. The van der Waals surface area contributed by atoms with Crippen LogP contribution in [-0.2, 0) is 0 Å². The monoisotopic (exact) mass is 447 g/mol. The lowest BCUT2D eigenvalue weighted by molar-refractivity contribution is 0.100. The summed E-state index contributed by atoms with van der Waals surface area (Å²) in [6.45, 7) is 0. The van der Waals surface area contributed by atoms with Crippen LogP contribution in [-0.4, -0.2) is 15.9 Å². The van der Waals surface area contributed by atoms with Crippen molar-refractivity contribution in [1.29, 1.82) is 0 Å². The van der Waals surface area contributed by atoms with Gasteiger partial charge in [-0.1, -0.05) is 36.4 Å². The summed E-state index contributed by atoms with van der Waals surface area (Å²) in [5.74, 6) is 2.04. The van der Waals surface area contributed by atoms with Gasteiger partial charge in [-0.05, 0) is 71.4 Å². The first-order chi connectivity index (χ1) is 16.6. The highest BCUT2D eigenvalue weighted by atomic mass is 16.5. The minimum Gasteiger partial charge on any atom is -0.457 e. The Labute approximate surface area is 196 Å². The van der Waals surface area contributed by atoms with Gasteiger partial charge in [0.15, 0.2) is 0 Å². The molecule has 7 nitrogen and oxygen atoms in total. The topological polar surface area (TPSA) is 102 Å². The number of nitrogens with zero attached hydrogens (tertiary/aromatic N) is 2. The Balaban J connectivity index is 1.25. The first-order valence-electron chi connectivity index (χ1n) is 10.7. The second-order valence-corrected chi connectivity index (χ2v) is 7.60. The molecule has 34 heavy (non-hydrogen) atoms. The van der Waals surface area contributed by atoms with Gasteiger partial charge in [0.25, 0.3) is 0 Å². The van der Waals surface area contributed by atoms with Gasteiger partial charge in [-0.15, -0.1) is 0 Å². The van der Waals surface area contributed by atoms with Crippen LogP contribution < -0.4 is 21.1 Å². The quantitative estimate of drug-likeness (QED) is 0.282. The molecule has 0 saturated heterocycles. The van der Waals surface area contributed by atoms with E-state index in [2.05, 4.69) is 32.7 Å². The van der Waals surface area contributed by atoms with Crippen molar-refractivity contribution < 1.29 is 9.53 Å². The molecule has 0 saturated carbocycles. The van der Waals surface area contributed by atoms with Gasteiger partial charge in [-0.3, -0.25) is 4.79 Å². The van der Waals surface area contributed by atoms with Crippen LogP contribution >= 0.6 is 0 Å². The number of hydrogen-bond donors (Lipinski definition) is 3. The number of carbonyl (C=O) groups excluding carboxylic acids is 1. The van der Waals surface area contributed by atoms with Gasteiger partial charge >= 0.3 is 0 Å². The third-order valence-electron chi connectivity index (χ3n) is 5.14. The average molecular weight is 447 g/mol. The number of carbonyl (C=O) groups is 1. The largest absolute Gasteiger partial charge is 0.457 e. The van der Waals surface area contributed by atoms with Gasteiger partial charge in [-0.2, -0.15) is 4.98 Å². The van der Waals surface area contributed by atoms with Gasteiger partial charge in [0.1, 0.15) is 17.3 Å². The molecule has 5 rings (SSSR count). The molecule has 0 aliphatic rings. The number of amides is 1. The second kappa shape index (κ2) is 9.30. The van der Waals surface area contributed by atoms with Crippen molar-refractivity contribution in [3.8, 4) is 11.5 Å². The average Bonchev–Trinajstić information content (AvgIpc) is 2.86. The van der Waals surface area contributed by atoms with E-state index in [1.165, 1.54) is 5.39 Å². The van der Waals surface area contributed by atoms with E-state index in [1.54, 1.807) is 30.5 Å². The fourth-order valence-corrected chi connectivity index (χ4v) is 3.49. The van der Waals surface area contributed by atoms with Gasteiger partial charge in [0.05, 0.1) is 0 Å². The maximum atomic E-state index is 11.4. The van der Waals surface area contributed by atoms with Crippen LogP contribution in [0.5, 0.6) is 11.5 Å². The number of rotatable bonds is 7. The van der Waals surface area contributed by atoms with Crippen molar-refractivity contribution in [2.45, 2.75) is 0 Å². The van der Waals surface area contributed by atoms with Gasteiger partial charge in [0, 0.05) is 23.1 Å². The van der Waals surface area contributed by atoms with E-state index in [-0.39, 0.29) is 0 Å². The SMILES string of the molecule is NC(=O)c1cccc(Nc2nccc(Nc3ccc(Oc4ccc5ccccc5c4)cc3)n2)c1. The van der Waals surface area contributed by atoms with E-state index in [1.807, 2.05) is 60.7 Å². The zero-order valence-corrected chi connectivity index (χ0v) is 18.1. The molecule has 4 N–H and O–H groups in total. The number of ether oxygens (including phenoxy) is 1. The van der Waals surface area contributed by atoms with Crippen molar-refractivity contribution in [2.24, 2.45) is 5.73 Å². The molecule has 0 bridgehead atoms. The number of hydrogen-bond acceptors (Lipinski definition) is 6. The Bertz CT molecular complexity index is 1470. The number of fused-ring (bicyclic) bond motifs is 1. The number of benzene rings is 4. The molecule has 0 aliphatic heterocycles. The van der Waals surface area contributed by atoms with Gasteiger partial charge in [-0.25, -0.2) is 4.98 Å². The molecule has 0 unspecified atom stereocenters. The maximum absolute atomic E-state index is 11.4. The number of aromatic nitrogens is 2. The minimum atomic E-state index is -0.493. The Morgan fingerprint density at radius 2 is 1.53 bits per heavy atom. The summed E-state index contributed by atoms with van der Waals surface area (Å²) >= 11 is 0. The van der Waals surface area contributed by atoms with E-state index < -0.39 is 5.91 Å². The maximum Gasteiger partial charge on any atom is 0.248 e. The lowest BCUT2D eigenvalue weighted by Gasteiger charge is -2.10. The van der Waals surface area contributed by atoms with E-state index in [9.17, 15) is 4.79 Å². The molecule has 4 aromatic carbocycles. The zero-order chi connectivity index (χ0) is 23.3. The molecular weight excluding hydrogens is 426 g/mol. The molecule has 0 aliphatic carbocycles. The summed E-state index contributed by atoms with van der Waals surface area (Å²) in [7, 11) is 0. The van der Waals surface area contributed by atoms with Crippen molar-refractivity contribution >= 4 is 39.8 Å². The van der Waals surface area contributed by atoms with Crippen LogP contribution in [0, 0.1) is 0 Å². The number of nitrogens with two attached hydrogens (primary N) is 1. The fraction of sp³-hybridized carbons (Fsp3) is 0. The first-order valence-corrected chi connectivity index (χ1v) is 10.7. The molecular formula is C27H21N5O2. The van der Waals surface area contributed by atoms with Gasteiger partial charge in [0.2, 0.25) is 11.9 Å². The summed E-state index contributed by atoms with van der Waals surface area (Å²) < 4.78 is 6.01. The highest BCUT2D eigenvalue weighted by molar-refractivity contribution is 5.93. The highest BCUT2D eigenvalue weighted by Gasteiger charge is 2.05. The molecule has 0 atom stereocenters. The fourth-order valence-electron chi connectivity index (χ4n) is 3.49. The second-order valence-electron chi connectivity index (χ2n) is 7.60. The van der Waals surface area contributed by atoms with Crippen LogP contribution in [0.4, 0.5) is 23.1 Å². The van der Waals surface area contributed by atoms with Gasteiger partial charge < -0.3 is 21.1 Å². The summed E-state index contributed by atoms with van der Waals surface area (Å²) in [6, 6.07) is 30.5. The molecule has 5 aromatic rings. The summed E-state index contributed by atoms with van der Waals surface area (Å²) in [5.41, 5.74) is 7.28. The van der Waals surface area contributed by atoms with E-state index in [0.717, 1.165) is 22.6 Å². The Kier molecular flexibility index (Phi) is 5.73. The predicted molar refractivity (Wildman–Crippen MR) is 134 cm³/mol. The highest BCUT2D eigenvalue weighted by Crippen LogP contribution is 2.27. The van der Waals surface area contributed by atoms with E-state index in [0.29, 0.717) is 23.0 Å². The van der Waals surface area contributed by atoms with E-state index >= 15 is 0 Å². The van der Waals surface area contributed by atoms with Crippen LogP contribution in [0.2, 0.25) is 0 Å². The minimum absolute atomic E-state index is 0.392. The lowest BCUT2D eigenvalue weighted by Crippen LogP contribution is -2.11. The molecule has 1 aromatic heterocycles. The number of nitrogens with one attached hydrogen (secondary N) is 2. The standard InChI is InChI=1S/C27H21N5O2/c28-26(33)20-6-3-7-22(16-20)31-27-29-15-14-25(32-27)30-21-9-12-23(13-10-21)34-24-11-8-18-4-1-2-5-19(18)17-24/h1-17H,(H2,28,33)(H2,29,30,31,32). The van der Waals surface area contributed by atoms with Crippen LogP contribution in [0.15, 0.2) is 103 Å². The Morgan fingerprint density at radius 1 is 0.735 bits per heavy atom. The molecule has 0 fully saturated rings. The summed E-state index contributed by atoms with van der Waals surface area (Å²) in [4.78, 5) is 20.1. The Hall–Kier alpha value is -4.91. The molecule has 7 heteroatoms. The van der Waals surface area contributed by atoms with Crippen molar-refractivity contribution in [1.82, 2.24) is 9.97 Å². The summed E-state index contributed by atoms with van der Waals surface area (Å²) in [5, 5.41) is 8.65. The van der Waals surface area contributed by atoms with Crippen LogP contribution in [0.1, 0.15) is 10.4 Å². The van der Waals surface area contributed by atoms with Crippen molar-refractivity contribution in [3.63, 3.8) is 0 Å². The van der Waals surface area contributed by atoms with Crippen molar-refractivity contribution in [3.05, 3.63) is 109 Å². The zero-order valence-electron chi connectivity index (χ0n) is 18.1. The lowest BCUT2D eigenvalue weighted by atomic mass is 10.1. The molecule has 1 heterocycles. The number of anilines is 4.